The highest BCUT2D eigenvalue weighted by Gasteiger charge is 2.28. The van der Waals surface area contributed by atoms with Crippen LogP contribution in [0.1, 0.15) is 34.6 Å². The van der Waals surface area contributed by atoms with Gasteiger partial charge in [-0.25, -0.2) is 9.97 Å². The minimum atomic E-state index is 0.192. The SMILES string of the molecule is Cc1nc(C(NC2CC2)c2nccs2)cs1. The van der Waals surface area contributed by atoms with E-state index in [0.29, 0.717) is 6.04 Å². The lowest BCUT2D eigenvalue weighted by molar-refractivity contribution is 0.587. The van der Waals surface area contributed by atoms with Crippen LogP contribution in [0.15, 0.2) is 17.0 Å². The maximum atomic E-state index is 4.57. The smallest absolute Gasteiger partial charge is 0.116 e. The van der Waals surface area contributed by atoms with Gasteiger partial charge in [0.05, 0.1) is 10.7 Å². The summed E-state index contributed by atoms with van der Waals surface area (Å²) in [6.45, 7) is 2.05. The van der Waals surface area contributed by atoms with E-state index in [1.807, 2.05) is 18.5 Å². The Morgan fingerprint density at radius 1 is 1.44 bits per heavy atom. The van der Waals surface area contributed by atoms with Gasteiger partial charge in [0.1, 0.15) is 11.0 Å². The van der Waals surface area contributed by atoms with Crippen LogP contribution in [-0.2, 0) is 0 Å². The zero-order valence-electron chi connectivity index (χ0n) is 9.01. The van der Waals surface area contributed by atoms with E-state index in [1.54, 1.807) is 22.7 Å². The minimum Gasteiger partial charge on any atom is -0.300 e. The van der Waals surface area contributed by atoms with Gasteiger partial charge in [-0.1, -0.05) is 0 Å². The van der Waals surface area contributed by atoms with Gasteiger partial charge in [0.25, 0.3) is 0 Å². The van der Waals surface area contributed by atoms with E-state index in [4.69, 9.17) is 0 Å². The average Bonchev–Trinajstić information content (AvgIpc) is 2.79. The number of aromatic nitrogens is 2. The average molecular weight is 251 g/mol. The van der Waals surface area contributed by atoms with Crippen molar-refractivity contribution in [2.45, 2.75) is 31.8 Å². The lowest BCUT2D eigenvalue weighted by Crippen LogP contribution is -2.24. The number of thiazole rings is 2. The Balaban J connectivity index is 1.88. The molecule has 84 valence electrons. The Hall–Kier alpha value is -0.780. The van der Waals surface area contributed by atoms with E-state index < -0.39 is 0 Å². The molecule has 1 fully saturated rings. The van der Waals surface area contributed by atoms with Gasteiger partial charge < -0.3 is 5.32 Å². The second kappa shape index (κ2) is 4.24. The molecule has 0 aromatic carbocycles. The van der Waals surface area contributed by atoms with Crippen molar-refractivity contribution >= 4 is 22.7 Å². The number of rotatable bonds is 4. The third-order valence-corrected chi connectivity index (χ3v) is 4.24. The van der Waals surface area contributed by atoms with E-state index in [9.17, 15) is 0 Å². The van der Waals surface area contributed by atoms with E-state index in [1.165, 1.54) is 12.8 Å². The van der Waals surface area contributed by atoms with Crippen molar-refractivity contribution in [3.63, 3.8) is 0 Å². The molecule has 1 N–H and O–H groups in total. The number of nitrogens with zero attached hydrogens (tertiary/aromatic N) is 2. The quantitative estimate of drug-likeness (QED) is 0.908. The van der Waals surface area contributed by atoms with Crippen LogP contribution in [0, 0.1) is 6.92 Å². The largest absolute Gasteiger partial charge is 0.300 e. The van der Waals surface area contributed by atoms with Gasteiger partial charge in [-0.3, -0.25) is 0 Å². The van der Waals surface area contributed by atoms with Crippen molar-refractivity contribution < 1.29 is 0 Å². The monoisotopic (exact) mass is 251 g/mol. The van der Waals surface area contributed by atoms with Crippen LogP contribution in [0.5, 0.6) is 0 Å². The summed E-state index contributed by atoms with van der Waals surface area (Å²) in [5, 5.41) is 10.0. The highest BCUT2D eigenvalue weighted by Crippen LogP contribution is 2.30. The fraction of sp³-hybridized carbons (Fsp3) is 0.455. The van der Waals surface area contributed by atoms with Gasteiger partial charge in [0, 0.05) is 23.0 Å². The topological polar surface area (TPSA) is 37.8 Å². The Morgan fingerprint density at radius 3 is 2.88 bits per heavy atom. The van der Waals surface area contributed by atoms with Crippen molar-refractivity contribution in [2.24, 2.45) is 0 Å². The Bertz CT molecular complexity index is 459. The molecule has 1 aliphatic rings. The molecular weight excluding hydrogens is 238 g/mol. The van der Waals surface area contributed by atoms with Gasteiger partial charge in [0.2, 0.25) is 0 Å². The molecule has 3 nitrogen and oxygen atoms in total. The van der Waals surface area contributed by atoms with Crippen LogP contribution in [0.4, 0.5) is 0 Å². The predicted molar refractivity (Wildman–Crippen MR) is 67.0 cm³/mol. The van der Waals surface area contributed by atoms with Gasteiger partial charge in [-0.05, 0) is 19.8 Å². The summed E-state index contributed by atoms with van der Waals surface area (Å²) in [6.07, 6.45) is 4.43. The highest BCUT2D eigenvalue weighted by atomic mass is 32.1. The molecule has 3 rings (SSSR count). The van der Waals surface area contributed by atoms with Crippen molar-refractivity contribution in [2.75, 3.05) is 0 Å². The van der Waals surface area contributed by atoms with E-state index in [-0.39, 0.29) is 6.04 Å². The molecule has 2 heterocycles. The molecule has 0 saturated heterocycles. The molecule has 16 heavy (non-hydrogen) atoms. The molecule has 0 aliphatic heterocycles. The number of nitrogens with one attached hydrogen (secondary N) is 1. The third kappa shape index (κ3) is 2.16. The zero-order valence-corrected chi connectivity index (χ0v) is 10.6. The first-order valence-corrected chi connectivity index (χ1v) is 7.16. The van der Waals surface area contributed by atoms with Crippen LogP contribution in [0.25, 0.3) is 0 Å². The Morgan fingerprint density at radius 2 is 2.31 bits per heavy atom. The van der Waals surface area contributed by atoms with Crippen molar-refractivity contribution in [3.05, 3.63) is 32.7 Å². The number of hydrogen-bond donors (Lipinski definition) is 1. The summed E-state index contributed by atoms with van der Waals surface area (Å²) in [5.41, 5.74) is 1.12. The van der Waals surface area contributed by atoms with Crippen LogP contribution in [0.3, 0.4) is 0 Å². The van der Waals surface area contributed by atoms with Crippen LogP contribution in [0.2, 0.25) is 0 Å². The Labute approximate surface area is 103 Å². The summed E-state index contributed by atoms with van der Waals surface area (Å²) in [6, 6.07) is 0.855. The maximum absolute atomic E-state index is 4.57. The fourth-order valence-corrected chi connectivity index (χ4v) is 3.00. The van der Waals surface area contributed by atoms with Gasteiger partial charge in [-0.15, -0.1) is 22.7 Å². The standard InChI is InChI=1S/C11H13N3S2/c1-7-13-9(6-16-7)10(14-8-2-3-8)11-12-4-5-15-11/h4-6,8,10,14H,2-3H2,1H3. The van der Waals surface area contributed by atoms with Gasteiger partial charge >= 0.3 is 0 Å². The lowest BCUT2D eigenvalue weighted by Gasteiger charge is -2.13. The predicted octanol–water partition coefficient (Wildman–Crippen LogP) is 2.75. The number of aryl methyl sites for hydroxylation is 1. The summed E-state index contributed by atoms with van der Waals surface area (Å²) in [5.74, 6) is 0. The normalized spacial score (nSPS) is 17.6. The molecule has 1 unspecified atom stereocenters. The molecule has 0 radical (unpaired) electrons. The van der Waals surface area contributed by atoms with Gasteiger partial charge in [-0.2, -0.15) is 0 Å². The highest BCUT2D eigenvalue weighted by molar-refractivity contribution is 7.10. The molecule has 1 atom stereocenters. The number of hydrogen-bond acceptors (Lipinski definition) is 5. The maximum Gasteiger partial charge on any atom is 0.116 e. The molecule has 2 aromatic heterocycles. The molecule has 0 amide bonds. The van der Waals surface area contributed by atoms with Crippen LogP contribution in [-0.4, -0.2) is 16.0 Å². The first-order chi connectivity index (χ1) is 7.83. The first kappa shape index (κ1) is 10.4. The van der Waals surface area contributed by atoms with Crippen LogP contribution < -0.4 is 5.32 Å². The molecular formula is C11H13N3S2. The lowest BCUT2D eigenvalue weighted by atomic mass is 10.2. The van der Waals surface area contributed by atoms with Crippen LogP contribution >= 0.6 is 22.7 Å². The zero-order chi connectivity index (χ0) is 11.0. The molecule has 5 heteroatoms. The van der Waals surface area contributed by atoms with E-state index in [0.717, 1.165) is 15.7 Å². The van der Waals surface area contributed by atoms with Crippen molar-refractivity contribution in [1.82, 2.24) is 15.3 Å². The second-order valence-electron chi connectivity index (χ2n) is 4.04. The summed E-state index contributed by atoms with van der Waals surface area (Å²) in [7, 11) is 0. The molecule has 1 saturated carbocycles. The van der Waals surface area contributed by atoms with Gasteiger partial charge in [0.15, 0.2) is 0 Å². The summed E-state index contributed by atoms with van der Waals surface area (Å²) >= 11 is 3.40. The van der Waals surface area contributed by atoms with E-state index >= 15 is 0 Å². The van der Waals surface area contributed by atoms with E-state index in [2.05, 4.69) is 20.7 Å². The molecule has 1 aliphatic carbocycles. The summed E-state index contributed by atoms with van der Waals surface area (Å²) in [4.78, 5) is 8.97. The minimum absolute atomic E-state index is 0.192. The first-order valence-electron chi connectivity index (χ1n) is 5.40. The second-order valence-corrected chi connectivity index (χ2v) is 6.02. The molecule has 0 spiro atoms. The molecule has 2 aromatic rings. The van der Waals surface area contributed by atoms with Crippen molar-refractivity contribution in [1.29, 1.82) is 0 Å². The van der Waals surface area contributed by atoms with Crippen molar-refractivity contribution in [3.8, 4) is 0 Å². The molecule has 0 bridgehead atoms. The fourth-order valence-electron chi connectivity index (χ4n) is 1.66. The third-order valence-electron chi connectivity index (χ3n) is 2.61. The summed E-state index contributed by atoms with van der Waals surface area (Å²) < 4.78 is 0. The Kier molecular flexibility index (Phi) is 2.75.